The Hall–Kier alpha value is -2.80. The van der Waals surface area contributed by atoms with E-state index in [0.29, 0.717) is 0 Å². The fourth-order valence-corrected chi connectivity index (χ4v) is 6.10. The lowest BCUT2D eigenvalue weighted by molar-refractivity contribution is 0.208. The Morgan fingerprint density at radius 3 is 2.23 bits per heavy atom. The van der Waals surface area contributed by atoms with Gasteiger partial charge in [-0.15, -0.1) is 0 Å². The smallest absolute Gasteiger partial charge is 0.155 e. The molecular formula is C24H28N2O4S. The number of nitrogens with zero attached hydrogens (tertiary/aromatic N) is 2. The number of benzene rings is 2. The van der Waals surface area contributed by atoms with Crippen molar-refractivity contribution in [1.82, 2.24) is 5.01 Å². The van der Waals surface area contributed by atoms with E-state index in [0.717, 1.165) is 46.9 Å². The molecule has 4 rings (SSSR count). The summed E-state index contributed by atoms with van der Waals surface area (Å²) in [5, 5.41) is 7.00. The molecule has 6 nitrogen and oxygen atoms in total. The van der Waals surface area contributed by atoms with Crippen LogP contribution >= 0.6 is 0 Å². The second kappa shape index (κ2) is 8.75. The van der Waals surface area contributed by atoms with Gasteiger partial charge in [0.2, 0.25) is 0 Å². The topological polar surface area (TPSA) is 68.2 Å². The van der Waals surface area contributed by atoms with Gasteiger partial charge < -0.3 is 9.47 Å². The number of hydrazone groups is 1. The van der Waals surface area contributed by atoms with Crippen molar-refractivity contribution in [3.05, 3.63) is 65.2 Å². The predicted molar refractivity (Wildman–Crippen MR) is 123 cm³/mol. The number of sulfone groups is 1. The van der Waals surface area contributed by atoms with Gasteiger partial charge in [0.25, 0.3) is 0 Å². The average molecular weight is 441 g/mol. The zero-order valence-electron chi connectivity index (χ0n) is 18.1. The van der Waals surface area contributed by atoms with E-state index in [2.05, 4.69) is 11.9 Å². The molecule has 0 aliphatic carbocycles. The number of ether oxygens (including phenoxy) is 2. The molecule has 2 aliphatic rings. The molecule has 0 saturated carbocycles. The van der Waals surface area contributed by atoms with Gasteiger partial charge >= 0.3 is 0 Å². The van der Waals surface area contributed by atoms with E-state index in [1.54, 1.807) is 14.2 Å². The number of methoxy groups -OCH3 is 2. The summed E-state index contributed by atoms with van der Waals surface area (Å²) in [5.74, 6) is 1.49. The second-order valence-electron chi connectivity index (χ2n) is 7.97. The predicted octanol–water partition coefficient (Wildman–Crippen LogP) is 3.95. The van der Waals surface area contributed by atoms with Crippen LogP contribution in [-0.2, 0) is 9.84 Å². The summed E-state index contributed by atoms with van der Waals surface area (Å²) in [6.07, 6.45) is 2.88. The fraction of sp³-hybridized carbons (Fsp3) is 0.375. The quantitative estimate of drug-likeness (QED) is 0.680. The first-order valence-electron chi connectivity index (χ1n) is 10.5. The molecule has 0 radical (unpaired) electrons. The summed E-state index contributed by atoms with van der Waals surface area (Å²) in [5.41, 5.74) is 3.65. The lowest BCUT2D eigenvalue weighted by Crippen LogP contribution is -2.37. The third kappa shape index (κ3) is 4.46. The van der Waals surface area contributed by atoms with E-state index >= 15 is 0 Å². The zero-order chi connectivity index (χ0) is 22.0. The van der Waals surface area contributed by atoms with Crippen LogP contribution in [0.3, 0.4) is 0 Å². The largest absolute Gasteiger partial charge is 0.497 e. The van der Waals surface area contributed by atoms with Gasteiger partial charge in [-0.3, -0.25) is 5.01 Å². The van der Waals surface area contributed by atoms with Gasteiger partial charge in [0.15, 0.2) is 9.84 Å². The Balaban J connectivity index is 1.74. The summed E-state index contributed by atoms with van der Waals surface area (Å²) < 4.78 is 36.3. The normalized spacial score (nSPS) is 23.4. The third-order valence-electron chi connectivity index (χ3n) is 5.79. The van der Waals surface area contributed by atoms with Gasteiger partial charge in [0, 0.05) is 12.5 Å². The van der Waals surface area contributed by atoms with Crippen LogP contribution in [-0.4, -0.2) is 51.4 Å². The standard InChI is InChI=1S/C24H28N2O4S/c1-4-13-26-24(18-7-11-21(30-3)12-8-18)22-16-31(27,28)15-19(23(22)25-26)14-17-5-9-20(29-2)10-6-17/h5-12,14,22,24H,4,13,15-16H2,1-3H3/b19-14-. The molecule has 2 atom stereocenters. The molecule has 7 heteroatoms. The minimum atomic E-state index is -3.24. The van der Waals surface area contributed by atoms with Crippen LogP contribution < -0.4 is 9.47 Å². The molecule has 0 N–H and O–H groups in total. The number of rotatable bonds is 6. The highest BCUT2D eigenvalue weighted by molar-refractivity contribution is 7.91. The first-order chi connectivity index (χ1) is 14.9. The Kier molecular flexibility index (Phi) is 6.05. The molecule has 0 amide bonds. The van der Waals surface area contributed by atoms with E-state index in [-0.39, 0.29) is 23.5 Å². The first-order valence-corrected chi connectivity index (χ1v) is 12.3. The van der Waals surface area contributed by atoms with Crippen molar-refractivity contribution in [3.63, 3.8) is 0 Å². The van der Waals surface area contributed by atoms with Crippen molar-refractivity contribution < 1.29 is 17.9 Å². The number of hydrogen-bond acceptors (Lipinski definition) is 6. The first kappa shape index (κ1) is 21.4. The van der Waals surface area contributed by atoms with Gasteiger partial charge in [-0.05, 0) is 53.5 Å². The second-order valence-corrected chi connectivity index (χ2v) is 10.1. The van der Waals surface area contributed by atoms with Crippen molar-refractivity contribution in [2.75, 3.05) is 32.3 Å². The van der Waals surface area contributed by atoms with Crippen molar-refractivity contribution in [3.8, 4) is 11.5 Å². The summed E-state index contributed by atoms with van der Waals surface area (Å²) >= 11 is 0. The van der Waals surface area contributed by atoms with Crippen molar-refractivity contribution in [1.29, 1.82) is 0 Å². The maximum Gasteiger partial charge on any atom is 0.155 e. The molecular weight excluding hydrogens is 412 g/mol. The minimum absolute atomic E-state index is 0.0175. The lowest BCUT2D eigenvalue weighted by Gasteiger charge is -2.30. The third-order valence-corrected chi connectivity index (χ3v) is 7.41. The van der Waals surface area contributed by atoms with Gasteiger partial charge in [-0.1, -0.05) is 31.2 Å². The van der Waals surface area contributed by atoms with E-state index < -0.39 is 9.84 Å². The van der Waals surface area contributed by atoms with Gasteiger partial charge in [0.1, 0.15) is 11.5 Å². The van der Waals surface area contributed by atoms with E-state index in [1.807, 2.05) is 54.6 Å². The van der Waals surface area contributed by atoms with Crippen molar-refractivity contribution >= 4 is 21.6 Å². The minimum Gasteiger partial charge on any atom is -0.497 e. The molecule has 1 fully saturated rings. The molecule has 31 heavy (non-hydrogen) atoms. The Morgan fingerprint density at radius 2 is 1.65 bits per heavy atom. The molecule has 1 saturated heterocycles. The monoisotopic (exact) mass is 440 g/mol. The van der Waals surface area contributed by atoms with E-state index in [1.165, 1.54) is 0 Å². The summed E-state index contributed by atoms with van der Waals surface area (Å²) in [6.45, 7) is 2.88. The van der Waals surface area contributed by atoms with E-state index in [9.17, 15) is 8.42 Å². The SMILES string of the molecule is CCCN1N=C2/C(=C\c3ccc(OC)cc3)CS(=O)(=O)CC2C1c1ccc(OC)cc1. The van der Waals surface area contributed by atoms with Gasteiger partial charge in [-0.25, -0.2) is 8.42 Å². The molecule has 164 valence electrons. The molecule has 0 spiro atoms. The Bertz CT molecular complexity index is 1090. The summed E-state index contributed by atoms with van der Waals surface area (Å²) in [6, 6.07) is 15.4. The maximum absolute atomic E-state index is 12.9. The van der Waals surface area contributed by atoms with Crippen LogP contribution in [0.2, 0.25) is 0 Å². The average Bonchev–Trinajstić information content (AvgIpc) is 3.11. The molecule has 0 bridgehead atoms. The summed E-state index contributed by atoms with van der Waals surface area (Å²) in [7, 11) is 0.0274. The lowest BCUT2D eigenvalue weighted by atomic mass is 9.87. The summed E-state index contributed by atoms with van der Waals surface area (Å²) in [4.78, 5) is 0. The molecule has 2 unspecified atom stereocenters. The highest BCUT2D eigenvalue weighted by Crippen LogP contribution is 2.42. The molecule has 2 aliphatic heterocycles. The highest BCUT2D eigenvalue weighted by atomic mass is 32.2. The molecule has 2 aromatic rings. The van der Waals surface area contributed by atoms with Crippen LogP contribution in [0.4, 0.5) is 0 Å². The molecule has 2 heterocycles. The van der Waals surface area contributed by atoms with Crippen LogP contribution in [0.15, 0.2) is 59.2 Å². The van der Waals surface area contributed by atoms with Crippen LogP contribution in [0.25, 0.3) is 6.08 Å². The van der Waals surface area contributed by atoms with Crippen LogP contribution in [0.1, 0.15) is 30.5 Å². The Labute approximate surface area is 184 Å². The number of hydrogen-bond donors (Lipinski definition) is 0. The van der Waals surface area contributed by atoms with Crippen molar-refractivity contribution in [2.45, 2.75) is 19.4 Å². The fourth-order valence-electron chi connectivity index (χ4n) is 4.39. The van der Waals surface area contributed by atoms with Gasteiger partial charge in [0.05, 0.1) is 37.5 Å². The zero-order valence-corrected chi connectivity index (χ0v) is 18.9. The van der Waals surface area contributed by atoms with Gasteiger partial charge in [-0.2, -0.15) is 5.10 Å². The Morgan fingerprint density at radius 1 is 1.03 bits per heavy atom. The molecule has 2 aromatic carbocycles. The van der Waals surface area contributed by atoms with Crippen molar-refractivity contribution in [2.24, 2.45) is 11.0 Å². The van der Waals surface area contributed by atoms with E-state index in [4.69, 9.17) is 14.6 Å². The maximum atomic E-state index is 12.9. The molecule has 0 aromatic heterocycles. The number of fused-ring (bicyclic) bond motifs is 1. The highest BCUT2D eigenvalue weighted by Gasteiger charge is 2.45. The van der Waals surface area contributed by atoms with Crippen LogP contribution in [0.5, 0.6) is 11.5 Å². The van der Waals surface area contributed by atoms with Crippen LogP contribution in [0, 0.1) is 5.92 Å².